The van der Waals surface area contributed by atoms with Crippen LogP contribution < -0.4 is 0 Å². The van der Waals surface area contributed by atoms with Gasteiger partial charge in [0.15, 0.2) is 5.78 Å². The summed E-state index contributed by atoms with van der Waals surface area (Å²) < 4.78 is 15.1. The summed E-state index contributed by atoms with van der Waals surface area (Å²) in [5, 5.41) is 0. The molecule has 0 radical (unpaired) electrons. The fraction of sp³-hybridized carbons (Fsp3) is 0.818. The normalized spacial score (nSPS) is 22.9. The van der Waals surface area contributed by atoms with Crippen molar-refractivity contribution >= 4 is 11.8 Å². The van der Waals surface area contributed by atoms with Gasteiger partial charge >= 0.3 is 5.97 Å². The molecule has 92 valence electrons. The van der Waals surface area contributed by atoms with Crippen molar-refractivity contribution in [3.05, 3.63) is 0 Å². The summed E-state index contributed by atoms with van der Waals surface area (Å²) in [4.78, 5) is 23.5. The topological polar surface area (TPSA) is 61.8 Å². The van der Waals surface area contributed by atoms with Crippen molar-refractivity contribution in [2.75, 3.05) is 26.9 Å². The largest absolute Gasteiger partial charge is 0.468 e. The van der Waals surface area contributed by atoms with Crippen LogP contribution in [0.4, 0.5) is 0 Å². The van der Waals surface area contributed by atoms with Gasteiger partial charge in [-0.1, -0.05) is 13.8 Å². The zero-order chi connectivity index (χ0) is 12.1. The second-order valence-corrected chi connectivity index (χ2v) is 4.08. The number of carbonyl (C=O) groups excluding carboxylic acids is 2. The highest BCUT2D eigenvalue weighted by molar-refractivity contribution is 6.01. The van der Waals surface area contributed by atoms with Crippen molar-refractivity contribution in [1.82, 2.24) is 0 Å². The summed E-state index contributed by atoms with van der Waals surface area (Å²) in [5.74, 6) is -1.63. The van der Waals surface area contributed by atoms with E-state index in [1.807, 2.05) is 13.8 Å². The van der Waals surface area contributed by atoms with Crippen LogP contribution in [-0.2, 0) is 23.8 Å². The highest BCUT2D eigenvalue weighted by Crippen LogP contribution is 2.18. The quantitative estimate of drug-likeness (QED) is 0.517. The van der Waals surface area contributed by atoms with Crippen molar-refractivity contribution in [3.63, 3.8) is 0 Å². The number of ketones is 1. The van der Waals surface area contributed by atoms with E-state index in [1.165, 1.54) is 7.11 Å². The summed E-state index contributed by atoms with van der Waals surface area (Å²) in [6, 6.07) is 0. The fourth-order valence-corrected chi connectivity index (χ4v) is 1.70. The van der Waals surface area contributed by atoms with Crippen LogP contribution in [-0.4, -0.2) is 44.8 Å². The smallest absolute Gasteiger partial charge is 0.316 e. The summed E-state index contributed by atoms with van der Waals surface area (Å²) in [6.45, 7) is 4.72. The summed E-state index contributed by atoms with van der Waals surface area (Å²) in [5.41, 5.74) is 0. The molecule has 0 aromatic rings. The molecular weight excluding hydrogens is 212 g/mol. The van der Waals surface area contributed by atoms with Gasteiger partial charge in [-0.25, -0.2) is 0 Å². The van der Waals surface area contributed by atoms with Crippen molar-refractivity contribution in [2.45, 2.75) is 20.0 Å². The molecule has 1 saturated heterocycles. The van der Waals surface area contributed by atoms with Crippen LogP contribution in [0.5, 0.6) is 0 Å². The van der Waals surface area contributed by atoms with Crippen LogP contribution in [0.15, 0.2) is 0 Å². The summed E-state index contributed by atoms with van der Waals surface area (Å²) >= 11 is 0. The van der Waals surface area contributed by atoms with Gasteiger partial charge < -0.3 is 14.2 Å². The third-order valence-corrected chi connectivity index (χ3v) is 2.56. The van der Waals surface area contributed by atoms with Crippen LogP contribution in [0, 0.1) is 11.8 Å². The molecule has 0 amide bonds. The van der Waals surface area contributed by atoms with Gasteiger partial charge in [0, 0.05) is 0 Å². The molecule has 1 aliphatic rings. The lowest BCUT2D eigenvalue weighted by Gasteiger charge is -2.26. The van der Waals surface area contributed by atoms with Gasteiger partial charge in [-0.15, -0.1) is 0 Å². The van der Waals surface area contributed by atoms with E-state index in [-0.39, 0.29) is 18.3 Å². The average molecular weight is 230 g/mol. The molecule has 5 heteroatoms. The Labute approximate surface area is 95.0 Å². The minimum atomic E-state index is -0.767. The van der Waals surface area contributed by atoms with E-state index >= 15 is 0 Å². The van der Waals surface area contributed by atoms with Crippen LogP contribution in [0.1, 0.15) is 13.8 Å². The van der Waals surface area contributed by atoms with Gasteiger partial charge in [0.25, 0.3) is 0 Å². The molecule has 0 aromatic carbocycles. The average Bonchev–Trinajstić information content (AvgIpc) is 2.29. The SMILES string of the molecule is COC(=O)C(C(=O)C1COCCO1)C(C)C. The Hall–Kier alpha value is -0.940. The number of hydrogen-bond acceptors (Lipinski definition) is 5. The molecule has 1 heterocycles. The van der Waals surface area contributed by atoms with Gasteiger partial charge in [0.2, 0.25) is 0 Å². The van der Waals surface area contributed by atoms with Gasteiger partial charge in [0.1, 0.15) is 12.0 Å². The van der Waals surface area contributed by atoms with E-state index in [9.17, 15) is 9.59 Å². The number of methoxy groups -OCH3 is 1. The van der Waals surface area contributed by atoms with Crippen molar-refractivity contribution in [2.24, 2.45) is 11.8 Å². The third kappa shape index (κ3) is 3.02. The molecule has 0 bridgehead atoms. The Bertz CT molecular complexity index is 255. The molecular formula is C11H18O5. The lowest BCUT2D eigenvalue weighted by atomic mass is 9.89. The summed E-state index contributed by atoms with van der Waals surface area (Å²) in [7, 11) is 1.28. The number of esters is 1. The van der Waals surface area contributed by atoms with E-state index < -0.39 is 18.0 Å². The zero-order valence-corrected chi connectivity index (χ0v) is 9.89. The summed E-state index contributed by atoms with van der Waals surface area (Å²) in [6.07, 6.45) is -0.639. The maximum atomic E-state index is 12.0. The Morgan fingerprint density at radius 2 is 2.00 bits per heavy atom. The molecule has 0 aliphatic carbocycles. The predicted octanol–water partition coefficient (Wildman–Crippen LogP) is 0.416. The number of Topliss-reactive ketones (excluding diaryl/α,β-unsaturated/α-hetero) is 1. The molecule has 5 nitrogen and oxygen atoms in total. The highest BCUT2D eigenvalue weighted by Gasteiger charge is 2.37. The second kappa shape index (κ2) is 5.96. The van der Waals surface area contributed by atoms with E-state index in [2.05, 4.69) is 4.74 Å². The first-order chi connectivity index (χ1) is 7.57. The maximum absolute atomic E-state index is 12.0. The minimum absolute atomic E-state index is 0.106. The number of rotatable bonds is 4. The number of hydrogen-bond donors (Lipinski definition) is 0. The van der Waals surface area contributed by atoms with E-state index in [4.69, 9.17) is 9.47 Å². The molecule has 0 N–H and O–H groups in total. The fourth-order valence-electron chi connectivity index (χ4n) is 1.70. The van der Waals surface area contributed by atoms with Crippen LogP contribution in [0.2, 0.25) is 0 Å². The number of ether oxygens (including phenoxy) is 3. The minimum Gasteiger partial charge on any atom is -0.468 e. The standard InChI is InChI=1S/C11H18O5/c1-7(2)9(11(13)14-3)10(12)8-6-15-4-5-16-8/h7-9H,4-6H2,1-3H3. The van der Waals surface area contributed by atoms with E-state index in [0.29, 0.717) is 13.2 Å². The molecule has 1 aliphatic heterocycles. The Morgan fingerprint density at radius 3 is 2.44 bits per heavy atom. The number of carbonyl (C=O) groups is 2. The van der Waals surface area contributed by atoms with Crippen molar-refractivity contribution in [3.8, 4) is 0 Å². The lowest BCUT2D eigenvalue weighted by Crippen LogP contribution is -2.43. The van der Waals surface area contributed by atoms with Gasteiger partial charge in [0.05, 0.1) is 26.9 Å². The van der Waals surface area contributed by atoms with Crippen LogP contribution >= 0.6 is 0 Å². The van der Waals surface area contributed by atoms with E-state index in [0.717, 1.165) is 0 Å². The van der Waals surface area contributed by atoms with E-state index in [1.54, 1.807) is 0 Å². The van der Waals surface area contributed by atoms with Gasteiger partial charge in [-0.3, -0.25) is 9.59 Å². The Kier molecular flexibility index (Phi) is 4.89. The Balaban J connectivity index is 2.69. The predicted molar refractivity (Wildman–Crippen MR) is 55.9 cm³/mol. The lowest BCUT2D eigenvalue weighted by molar-refractivity contribution is -0.161. The third-order valence-electron chi connectivity index (χ3n) is 2.56. The van der Waals surface area contributed by atoms with Crippen LogP contribution in [0.25, 0.3) is 0 Å². The maximum Gasteiger partial charge on any atom is 0.316 e. The first-order valence-electron chi connectivity index (χ1n) is 5.38. The van der Waals surface area contributed by atoms with Gasteiger partial charge in [-0.05, 0) is 5.92 Å². The Morgan fingerprint density at radius 1 is 1.31 bits per heavy atom. The van der Waals surface area contributed by atoms with Gasteiger partial charge in [-0.2, -0.15) is 0 Å². The molecule has 1 fully saturated rings. The molecule has 2 atom stereocenters. The van der Waals surface area contributed by atoms with Crippen molar-refractivity contribution in [1.29, 1.82) is 0 Å². The zero-order valence-electron chi connectivity index (χ0n) is 9.89. The highest BCUT2D eigenvalue weighted by atomic mass is 16.6. The second-order valence-electron chi connectivity index (χ2n) is 4.08. The monoisotopic (exact) mass is 230 g/mol. The van der Waals surface area contributed by atoms with Crippen LogP contribution in [0.3, 0.4) is 0 Å². The first-order valence-corrected chi connectivity index (χ1v) is 5.38. The molecule has 16 heavy (non-hydrogen) atoms. The molecule has 1 rings (SSSR count). The molecule has 2 unspecified atom stereocenters. The van der Waals surface area contributed by atoms with Crippen molar-refractivity contribution < 1.29 is 23.8 Å². The molecule has 0 spiro atoms. The molecule has 0 saturated carbocycles. The first kappa shape index (κ1) is 13.1. The molecule has 0 aromatic heterocycles.